The maximum absolute atomic E-state index is 4.59. The van der Waals surface area contributed by atoms with Crippen LogP contribution in [0.2, 0.25) is 0 Å². The van der Waals surface area contributed by atoms with E-state index in [1.165, 1.54) is 11.3 Å². The monoisotopic (exact) mass is 298 g/mol. The summed E-state index contributed by atoms with van der Waals surface area (Å²) < 4.78 is 4.22. The Hall–Kier alpha value is -2.37. The van der Waals surface area contributed by atoms with Crippen LogP contribution < -0.4 is 0 Å². The standard InChI is InChI=1S/C16H22N6/c1-5-22-13(4)14(11(2)20-22)6-8-21-9-7-17-16(21)15-12(3)18-10-19-15/h7,9-10H,5-6,8H2,1-4H3,(H,18,19). The van der Waals surface area contributed by atoms with E-state index < -0.39 is 0 Å². The molecule has 0 aliphatic rings. The van der Waals surface area contributed by atoms with Crippen LogP contribution in [0, 0.1) is 20.8 Å². The average Bonchev–Trinajstić information content (AvgIpc) is 3.18. The normalized spacial score (nSPS) is 11.3. The van der Waals surface area contributed by atoms with Crippen LogP contribution >= 0.6 is 0 Å². The number of nitrogens with zero attached hydrogens (tertiary/aromatic N) is 5. The number of aromatic nitrogens is 6. The van der Waals surface area contributed by atoms with Gasteiger partial charge in [-0.3, -0.25) is 4.68 Å². The number of hydrogen-bond acceptors (Lipinski definition) is 3. The first-order chi connectivity index (χ1) is 10.6. The topological polar surface area (TPSA) is 64.3 Å². The Morgan fingerprint density at radius 3 is 2.64 bits per heavy atom. The molecule has 0 atom stereocenters. The lowest BCUT2D eigenvalue weighted by Crippen LogP contribution is -2.05. The molecule has 3 heterocycles. The lowest BCUT2D eigenvalue weighted by atomic mass is 10.1. The first kappa shape index (κ1) is 14.6. The third-order valence-electron chi connectivity index (χ3n) is 4.19. The average molecular weight is 298 g/mol. The van der Waals surface area contributed by atoms with Crippen molar-refractivity contribution in [3.05, 3.63) is 41.4 Å². The molecule has 3 rings (SSSR count). The van der Waals surface area contributed by atoms with Gasteiger partial charge in [0.15, 0.2) is 5.82 Å². The van der Waals surface area contributed by atoms with Crippen LogP contribution in [0.1, 0.15) is 29.6 Å². The summed E-state index contributed by atoms with van der Waals surface area (Å²) in [4.78, 5) is 11.9. The summed E-state index contributed by atoms with van der Waals surface area (Å²) in [6.07, 6.45) is 6.50. The van der Waals surface area contributed by atoms with Gasteiger partial charge in [0.2, 0.25) is 0 Å². The summed E-state index contributed by atoms with van der Waals surface area (Å²) in [6.45, 7) is 10.2. The minimum absolute atomic E-state index is 0.874. The molecule has 0 aliphatic carbocycles. The van der Waals surface area contributed by atoms with E-state index in [0.717, 1.165) is 42.4 Å². The van der Waals surface area contributed by atoms with Crippen LogP contribution in [-0.4, -0.2) is 29.3 Å². The fraction of sp³-hybridized carbons (Fsp3) is 0.438. The second-order valence-corrected chi connectivity index (χ2v) is 5.54. The zero-order valence-corrected chi connectivity index (χ0v) is 13.6. The van der Waals surface area contributed by atoms with E-state index in [1.807, 2.05) is 19.3 Å². The van der Waals surface area contributed by atoms with Crippen molar-refractivity contribution < 1.29 is 0 Å². The fourth-order valence-corrected chi connectivity index (χ4v) is 2.93. The minimum atomic E-state index is 0.874. The van der Waals surface area contributed by atoms with Crippen LogP contribution in [0.25, 0.3) is 11.5 Å². The molecule has 0 spiro atoms. The number of aromatic amines is 1. The van der Waals surface area contributed by atoms with Gasteiger partial charge in [-0.25, -0.2) is 9.97 Å². The number of H-pyrrole nitrogens is 1. The molecule has 0 fully saturated rings. The molecular weight excluding hydrogens is 276 g/mol. The Labute approximate surface area is 130 Å². The van der Waals surface area contributed by atoms with Crippen molar-refractivity contribution in [1.82, 2.24) is 29.3 Å². The highest BCUT2D eigenvalue weighted by molar-refractivity contribution is 5.52. The second-order valence-electron chi connectivity index (χ2n) is 5.54. The third-order valence-corrected chi connectivity index (χ3v) is 4.19. The first-order valence-corrected chi connectivity index (χ1v) is 7.66. The third kappa shape index (κ3) is 2.45. The van der Waals surface area contributed by atoms with Gasteiger partial charge in [0.25, 0.3) is 0 Å². The van der Waals surface area contributed by atoms with E-state index in [2.05, 4.69) is 50.1 Å². The molecule has 22 heavy (non-hydrogen) atoms. The van der Waals surface area contributed by atoms with Gasteiger partial charge < -0.3 is 9.55 Å². The number of aryl methyl sites for hydroxylation is 4. The summed E-state index contributed by atoms with van der Waals surface area (Å²) >= 11 is 0. The molecule has 0 unspecified atom stereocenters. The zero-order valence-electron chi connectivity index (χ0n) is 13.6. The Balaban J connectivity index is 1.83. The summed E-state index contributed by atoms with van der Waals surface area (Å²) in [5.41, 5.74) is 5.68. The van der Waals surface area contributed by atoms with Crippen molar-refractivity contribution in [2.75, 3.05) is 0 Å². The van der Waals surface area contributed by atoms with Crippen molar-refractivity contribution in [3.63, 3.8) is 0 Å². The highest BCUT2D eigenvalue weighted by Gasteiger charge is 2.14. The van der Waals surface area contributed by atoms with Crippen molar-refractivity contribution in [2.45, 2.75) is 47.2 Å². The molecule has 3 aromatic rings. The van der Waals surface area contributed by atoms with E-state index in [9.17, 15) is 0 Å². The second kappa shape index (κ2) is 5.79. The molecule has 0 radical (unpaired) electrons. The van der Waals surface area contributed by atoms with Crippen LogP contribution in [0.5, 0.6) is 0 Å². The molecule has 0 saturated heterocycles. The molecule has 116 valence electrons. The molecule has 0 aliphatic heterocycles. The molecule has 0 aromatic carbocycles. The highest BCUT2D eigenvalue weighted by atomic mass is 15.3. The lowest BCUT2D eigenvalue weighted by Gasteiger charge is -2.08. The highest BCUT2D eigenvalue weighted by Crippen LogP contribution is 2.20. The number of rotatable bonds is 5. The largest absolute Gasteiger partial charge is 0.348 e. The van der Waals surface area contributed by atoms with E-state index in [0.29, 0.717) is 0 Å². The smallest absolute Gasteiger partial charge is 0.160 e. The quantitative estimate of drug-likeness (QED) is 0.787. The molecule has 6 heteroatoms. The van der Waals surface area contributed by atoms with Crippen molar-refractivity contribution in [1.29, 1.82) is 0 Å². The van der Waals surface area contributed by atoms with Crippen molar-refractivity contribution in [3.8, 4) is 11.5 Å². The molecular formula is C16H22N6. The van der Waals surface area contributed by atoms with Gasteiger partial charge in [0.1, 0.15) is 5.69 Å². The molecule has 0 saturated carbocycles. The van der Waals surface area contributed by atoms with E-state index in [-0.39, 0.29) is 0 Å². The summed E-state index contributed by atoms with van der Waals surface area (Å²) in [5.74, 6) is 0.914. The number of hydrogen-bond donors (Lipinski definition) is 1. The number of imidazole rings is 2. The maximum Gasteiger partial charge on any atom is 0.160 e. The van der Waals surface area contributed by atoms with Crippen LogP contribution in [0.4, 0.5) is 0 Å². The first-order valence-electron chi connectivity index (χ1n) is 7.66. The molecule has 1 N–H and O–H groups in total. The van der Waals surface area contributed by atoms with Gasteiger partial charge in [-0.15, -0.1) is 0 Å². The van der Waals surface area contributed by atoms with Crippen LogP contribution in [0.3, 0.4) is 0 Å². The zero-order chi connectivity index (χ0) is 15.7. The Morgan fingerprint density at radius 2 is 2.00 bits per heavy atom. The van der Waals surface area contributed by atoms with Gasteiger partial charge in [-0.05, 0) is 39.7 Å². The lowest BCUT2D eigenvalue weighted by molar-refractivity contribution is 0.631. The Kier molecular flexibility index (Phi) is 3.83. The van der Waals surface area contributed by atoms with Gasteiger partial charge in [0, 0.05) is 36.9 Å². The molecule has 0 amide bonds. The number of nitrogens with one attached hydrogen (secondary N) is 1. The Bertz CT molecular complexity index is 777. The van der Waals surface area contributed by atoms with Gasteiger partial charge in [0.05, 0.1) is 12.0 Å². The Morgan fingerprint density at radius 1 is 1.18 bits per heavy atom. The minimum Gasteiger partial charge on any atom is -0.348 e. The van der Waals surface area contributed by atoms with Crippen LogP contribution in [-0.2, 0) is 19.5 Å². The van der Waals surface area contributed by atoms with Gasteiger partial charge in [-0.1, -0.05) is 0 Å². The summed E-state index contributed by atoms with van der Waals surface area (Å²) in [5, 5.41) is 4.59. The van der Waals surface area contributed by atoms with E-state index in [1.54, 1.807) is 6.33 Å². The molecule has 3 aromatic heterocycles. The van der Waals surface area contributed by atoms with E-state index in [4.69, 9.17) is 0 Å². The summed E-state index contributed by atoms with van der Waals surface area (Å²) in [7, 11) is 0. The maximum atomic E-state index is 4.59. The van der Waals surface area contributed by atoms with Gasteiger partial charge in [-0.2, -0.15) is 5.10 Å². The fourth-order valence-electron chi connectivity index (χ4n) is 2.93. The molecule has 6 nitrogen and oxygen atoms in total. The SMILES string of the molecule is CCn1nc(C)c(CCn2ccnc2-c2nc[nH]c2C)c1C. The van der Waals surface area contributed by atoms with Crippen molar-refractivity contribution in [2.24, 2.45) is 0 Å². The molecule has 0 bridgehead atoms. The predicted molar refractivity (Wildman–Crippen MR) is 85.6 cm³/mol. The van der Waals surface area contributed by atoms with E-state index >= 15 is 0 Å². The summed E-state index contributed by atoms with van der Waals surface area (Å²) in [6, 6.07) is 0. The predicted octanol–water partition coefficient (Wildman–Crippen LogP) is 2.66. The van der Waals surface area contributed by atoms with Crippen molar-refractivity contribution >= 4 is 0 Å². The van der Waals surface area contributed by atoms with Crippen LogP contribution in [0.15, 0.2) is 18.7 Å². The van der Waals surface area contributed by atoms with Gasteiger partial charge >= 0.3 is 0 Å².